The average Bonchev–Trinajstić information content (AvgIpc) is 2.77. The lowest BCUT2D eigenvalue weighted by atomic mass is 9.86. The van der Waals surface area contributed by atoms with Gasteiger partial charge in [0.15, 0.2) is 5.65 Å². The molecule has 1 aliphatic rings. The summed E-state index contributed by atoms with van der Waals surface area (Å²) in [5, 5.41) is 3.99. The van der Waals surface area contributed by atoms with Crippen LogP contribution in [-0.4, -0.2) is 25.1 Å². The Bertz CT molecular complexity index is 908. The Morgan fingerprint density at radius 1 is 1.26 bits per heavy atom. The minimum Gasteiger partial charge on any atom is -0.367 e. The zero-order chi connectivity index (χ0) is 16.0. The van der Waals surface area contributed by atoms with E-state index in [1.165, 1.54) is 0 Å². The normalized spacial score (nSPS) is 20.4. The second kappa shape index (κ2) is 5.38. The third-order valence-electron chi connectivity index (χ3n) is 4.41. The summed E-state index contributed by atoms with van der Waals surface area (Å²) in [6.07, 6.45) is 5.10. The highest BCUT2D eigenvalue weighted by Gasteiger charge is 2.33. The third kappa shape index (κ3) is 2.39. The van der Waals surface area contributed by atoms with Gasteiger partial charge in [-0.1, -0.05) is 11.6 Å². The van der Waals surface area contributed by atoms with Crippen molar-refractivity contribution in [2.75, 3.05) is 5.32 Å². The van der Waals surface area contributed by atoms with Crippen molar-refractivity contribution in [3.05, 3.63) is 52.2 Å². The van der Waals surface area contributed by atoms with Crippen LogP contribution in [-0.2, 0) is 7.05 Å². The molecule has 23 heavy (non-hydrogen) atoms. The molecule has 0 radical (unpaired) electrons. The Kier molecular flexibility index (Phi) is 3.34. The van der Waals surface area contributed by atoms with E-state index in [4.69, 9.17) is 11.6 Å². The van der Waals surface area contributed by atoms with Gasteiger partial charge in [-0.25, -0.2) is 14.8 Å². The lowest BCUT2D eigenvalue weighted by molar-refractivity contribution is 0.280. The molecule has 1 aliphatic carbocycles. The number of fused-ring (bicyclic) bond motifs is 1. The number of hydrogen-bond acceptors (Lipinski definition) is 4. The van der Waals surface area contributed by atoms with Gasteiger partial charge in [-0.2, -0.15) is 0 Å². The maximum Gasteiger partial charge on any atom is 0.330 e. The molecule has 0 atom stereocenters. The standard InChI is InChI=1S/C16H16ClN5O/c1-21-13-3-2-6-18-15(13)22(16(21)23)12-7-11(8-12)20-14-5-4-10(17)9-19-14/h2-6,9,11-12H,7-8H2,1H3,(H,19,20). The summed E-state index contributed by atoms with van der Waals surface area (Å²) in [4.78, 5) is 21.1. The van der Waals surface area contributed by atoms with Gasteiger partial charge in [0.1, 0.15) is 5.82 Å². The van der Waals surface area contributed by atoms with Gasteiger partial charge >= 0.3 is 5.69 Å². The summed E-state index contributed by atoms with van der Waals surface area (Å²) in [5.74, 6) is 0.807. The summed E-state index contributed by atoms with van der Waals surface area (Å²) in [6, 6.07) is 7.92. The highest BCUT2D eigenvalue weighted by atomic mass is 35.5. The molecule has 118 valence electrons. The fraction of sp³-hybridized carbons (Fsp3) is 0.312. The van der Waals surface area contributed by atoms with Gasteiger partial charge in [0, 0.05) is 31.5 Å². The fourth-order valence-corrected chi connectivity index (χ4v) is 3.22. The predicted molar refractivity (Wildman–Crippen MR) is 89.9 cm³/mol. The smallest absolute Gasteiger partial charge is 0.330 e. The van der Waals surface area contributed by atoms with Gasteiger partial charge in [0.05, 0.1) is 10.5 Å². The van der Waals surface area contributed by atoms with E-state index in [-0.39, 0.29) is 11.7 Å². The second-order valence-electron chi connectivity index (χ2n) is 5.89. The Morgan fingerprint density at radius 3 is 2.83 bits per heavy atom. The van der Waals surface area contributed by atoms with E-state index in [2.05, 4.69) is 15.3 Å². The second-order valence-corrected chi connectivity index (χ2v) is 6.32. The van der Waals surface area contributed by atoms with Gasteiger partial charge in [0.25, 0.3) is 0 Å². The molecular formula is C16H16ClN5O. The first-order valence-electron chi connectivity index (χ1n) is 7.53. The Balaban J connectivity index is 1.53. The van der Waals surface area contributed by atoms with Gasteiger partial charge in [-0.3, -0.25) is 9.13 Å². The number of aryl methyl sites for hydroxylation is 1. The number of pyridine rings is 2. The topological polar surface area (TPSA) is 64.7 Å². The largest absolute Gasteiger partial charge is 0.367 e. The van der Waals surface area contributed by atoms with Crippen molar-refractivity contribution in [1.82, 2.24) is 19.1 Å². The molecule has 6 nitrogen and oxygen atoms in total. The zero-order valence-electron chi connectivity index (χ0n) is 12.6. The van der Waals surface area contributed by atoms with Crippen LogP contribution in [0.5, 0.6) is 0 Å². The molecule has 3 aromatic heterocycles. The molecule has 0 aliphatic heterocycles. The van der Waals surface area contributed by atoms with Crippen LogP contribution < -0.4 is 11.0 Å². The number of nitrogens with one attached hydrogen (secondary N) is 1. The van der Waals surface area contributed by atoms with Crippen LogP contribution in [0.15, 0.2) is 41.5 Å². The van der Waals surface area contributed by atoms with Crippen molar-refractivity contribution in [3.63, 3.8) is 0 Å². The Morgan fingerprint density at radius 2 is 2.09 bits per heavy atom. The van der Waals surface area contributed by atoms with Gasteiger partial charge < -0.3 is 5.32 Å². The molecule has 1 saturated carbocycles. The maximum absolute atomic E-state index is 12.5. The number of hydrogen-bond donors (Lipinski definition) is 1. The lowest BCUT2D eigenvalue weighted by Gasteiger charge is -2.36. The van der Waals surface area contributed by atoms with Crippen molar-refractivity contribution in [1.29, 1.82) is 0 Å². The molecule has 1 fully saturated rings. The van der Waals surface area contributed by atoms with Crippen LogP contribution in [0.1, 0.15) is 18.9 Å². The third-order valence-corrected chi connectivity index (χ3v) is 4.63. The highest BCUT2D eigenvalue weighted by Crippen LogP contribution is 2.34. The van der Waals surface area contributed by atoms with E-state index in [0.29, 0.717) is 11.1 Å². The Labute approximate surface area is 137 Å². The number of halogens is 1. The van der Waals surface area contributed by atoms with Crippen molar-refractivity contribution >= 4 is 28.6 Å². The van der Waals surface area contributed by atoms with Crippen LogP contribution in [0, 0.1) is 0 Å². The van der Waals surface area contributed by atoms with E-state index >= 15 is 0 Å². The molecule has 3 heterocycles. The van der Waals surface area contributed by atoms with Gasteiger partial charge in [-0.05, 0) is 37.1 Å². The SMILES string of the molecule is Cn1c(=O)n(C2CC(Nc3ccc(Cl)cn3)C2)c2ncccc21. The molecule has 0 saturated heterocycles. The first-order valence-corrected chi connectivity index (χ1v) is 7.91. The summed E-state index contributed by atoms with van der Waals surface area (Å²) >= 11 is 5.84. The summed E-state index contributed by atoms with van der Waals surface area (Å²) in [7, 11) is 1.79. The fourth-order valence-electron chi connectivity index (χ4n) is 3.11. The predicted octanol–water partition coefficient (Wildman–Crippen LogP) is 2.60. The maximum atomic E-state index is 12.5. The van der Waals surface area contributed by atoms with Crippen LogP contribution in [0.3, 0.4) is 0 Å². The van der Waals surface area contributed by atoms with E-state index in [0.717, 1.165) is 29.8 Å². The summed E-state index contributed by atoms with van der Waals surface area (Å²) in [5.41, 5.74) is 1.62. The van der Waals surface area contributed by atoms with Crippen LogP contribution >= 0.6 is 11.6 Å². The molecule has 0 bridgehead atoms. The Hall–Kier alpha value is -2.34. The first-order chi connectivity index (χ1) is 11.1. The molecule has 0 amide bonds. The lowest BCUT2D eigenvalue weighted by Crippen LogP contribution is -2.41. The first kappa shape index (κ1) is 14.3. The van der Waals surface area contributed by atoms with Crippen molar-refractivity contribution in [3.8, 4) is 0 Å². The number of rotatable bonds is 3. The number of nitrogens with zero attached hydrogens (tertiary/aromatic N) is 4. The van der Waals surface area contributed by atoms with Gasteiger partial charge in [-0.15, -0.1) is 0 Å². The summed E-state index contributed by atoms with van der Waals surface area (Å²) < 4.78 is 3.46. The van der Waals surface area contributed by atoms with E-state index in [1.807, 2.05) is 28.8 Å². The molecule has 3 aromatic rings. The number of aromatic nitrogens is 4. The number of imidazole rings is 1. The quantitative estimate of drug-likeness (QED) is 0.802. The summed E-state index contributed by atoms with van der Waals surface area (Å²) in [6.45, 7) is 0. The van der Waals surface area contributed by atoms with Crippen LogP contribution in [0.25, 0.3) is 11.2 Å². The van der Waals surface area contributed by atoms with Crippen LogP contribution in [0.2, 0.25) is 5.02 Å². The van der Waals surface area contributed by atoms with Crippen molar-refractivity contribution < 1.29 is 0 Å². The monoisotopic (exact) mass is 329 g/mol. The molecule has 0 unspecified atom stereocenters. The van der Waals surface area contributed by atoms with Crippen molar-refractivity contribution in [2.45, 2.75) is 24.9 Å². The molecule has 4 rings (SSSR count). The van der Waals surface area contributed by atoms with Gasteiger partial charge in [0.2, 0.25) is 0 Å². The molecular weight excluding hydrogens is 314 g/mol. The molecule has 0 spiro atoms. The molecule has 7 heteroatoms. The van der Waals surface area contributed by atoms with E-state index in [1.54, 1.807) is 24.0 Å². The molecule has 1 N–H and O–H groups in total. The number of anilines is 1. The highest BCUT2D eigenvalue weighted by molar-refractivity contribution is 6.30. The minimum absolute atomic E-state index is 0.00762. The van der Waals surface area contributed by atoms with E-state index < -0.39 is 0 Å². The van der Waals surface area contributed by atoms with Crippen molar-refractivity contribution in [2.24, 2.45) is 7.05 Å². The zero-order valence-corrected chi connectivity index (χ0v) is 13.4. The minimum atomic E-state index is -0.00762. The van der Waals surface area contributed by atoms with E-state index in [9.17, 15) is 4.79 Å². The molecule has 0 aromatic carbocycles. The van der Waals surface area contributed by atoms with Crippen LogP contribution in [0.4, 0.5) is 5.82 Å². The average molecular weight is 330 g/mol.